The van der Waals surface area contributed by atoms with Gasteiger partial charge in [-0.05, 0) is 18.6 Å². The van der Waals surface area contributed by atoms with E-state index in [1.807, 2.05) is 23.1 Å². The minimum Gasteiger partial charge on any atom is -0.323 e. The molecule has 4 heteroatoms. The van der Waals surface area contributed by atoms with Gasteiger partial charge in [-0.1, -0.05) is 25.1 Å². The van der Waals surface area contributed by atoms with Crippen LogP contribution in [0.25, 0.3) is 0 Å². The minimum absolute atomic E-state index is 0.185. The number of hydrogen-bond donors (Lipinski definition) is 1. The monoisotopic (exact) mass is 273 g/mol. The molecule has 0 saturated carbocycles. The predicted octanol–water partition coefficient (Wildman–Crippen LogP) is 1.50. The van der Waals surface area contributed by atoms with Crippen LogP contribution in [0, 0.1) is 0 Å². The van der Waals surface area contributed by atoms with Crippen molar-refractivity contribution in [1.29, 1.82) is 0 Å². The zero-order chi connectivity index (χ0) is 14.1. The van der Waals surface area contributed by atoms with Crippen molar-refractivity contribution >= 4 is 5.91 Å². The summed E-state index contributed by atoms with van der Waals surface area (Å²) >= 11 is 0. The molecule has 0 aliphatic carbocycles. The third-order valence-electron chi connectivity index (χ3n) is 4.58. The van der Waals surface area contributed by atoms with Crippen molar-refractivity contribution in [2.24, 2.45) is 0 Å². The molecule has 0 aromatic heterocycles. The van der Waals surface area contributed by atoms with Crippen molar-refractivity contribution in [2.75, 3.05) is 32.7 Å². The highest BCUT2D eigenvalue weighted by Gasteiger charge is 2.39. The van der Waals surface area contributed by atoms with Crippen LogP contribution >= 0.6 is 0 Å². The van der Waals surface area contributed by atoms with Crippen LogP contribution in [-0.2, 0) is 0 Å². The molecule has 1 aromatic rings. The maximum atomic E-state index is 12.7. The third kappa shape index (κ3) is 2.13. The van der Waals surface area contributed by atoms with Crippen molar-refractivity contribution in [3.63, 3.8) is 0 Å². The van der Waals surface area contributed by atoms with E-state index in [4.69, 9.17) is 0 Å². The molecule has 1 saturated heterocycles. The standard InChI is InChI=1S/C16H23N3O/c1-3-19-15(18-10-8-17-9-11-18)12(2)13-6-4-5-7-14(13)16(19)20/h4-7,12,15,17H,3,8-11H2,1-2H3. The molecular weight excluding hydrogens is 250 g/mol. The predicted molar refractivity (Wildman–Crippen MR) is 79.8 cm³/mol. The lowest BCUT2D eigenvalue weighted by molar-refractivity contribution is 0.0131. The fourth-order valence-electron chi connectivity index (χ4n) is 3.58. The summed E-state index contributed by atoms with van der Waals surface area (Å²) < 4.78 is 0. The average Bonchev–Trinajstić information content (AvgIpc) is 2.51. The van der Waals surface area contributed by atoms with Gasteiger partial charge < -0.3 is 10.2 Å². The maximum Gasteiger partial charge on any atom is 0.255 e. The molecule has 0 bridgehead atoms. The fraction of sp³-hybridized carbons (Fsp3) is 0.562. The second kappa shape index (κ2) is 5.54. The number of rotatable bonds is 2. The van der Waals surface area contributed by atoms with E-state index in [2.05, 4.69) is 30.1 Å². The summed E-state index contributed by atoms with van der Waals surface area (Å²) in [6, 6.07) is 8.08. The molecule has 4 nitrogen and oxygen atoms in total. The van der Waals surface area contributed by atoms with Gasteiger partial charge in [0, 0.05) is 44.2 Å². The summed E-state index contributed by atoms with van der Waals surface area (Å²) in [5.41, 5.74) is 2.08. The average molecular weight is 273 g/mol. The first-order valence-electron chi connectivity index (χ1n) is 7.58. The summed E-state index contributed by atoms with van der Waals surface area (Å²) in [7, 11) is 0. The second-order valence-corrected chi connectivity index (χ2v) is 5.67. The SMILES string of the molecule is CCN1C(=O)c2ccccc2C(C)C1N1CCNCC1. The number of benzene rings is 1. The van der Waals surface area contributed by atoms with E-state index < -0.39 is 0 Å². The Morgan fingerprint density at radius 2 is 1.95 bits per heavy atom. The number of nitrogens with zero attached hydrogens (tertiary/aromatic N) is 2. The van der Waals surface area contributed by atoms with Gasteiger partial charge >= 0.3 is 0 Å². The van der Waals surface area contributed by atoms with Crippen LogP contribution in [0.15, 0.2) is 24.3 Å². The first kappa shape index (κ1) is 13.6. The summed E-state index contributed by atoms with van der Waals surface area (Å²) in [5.74, 6) is 0.548. The van der Waals surface area contributed by atoms with Gasteiger partial charge in [0.2, 0.25) is 0 Å². The smallest absolute Gasteiger partial charge is 0.255 e. The van der Waals surface area contributed by atoms with E-state index in [9.17, 15) is 4.79 Å². The lowest BCUT2D eigenvalue weighted by Crippen LogP contribution is -2.60. The lowest BCUT2D eigenvalue weighted by Gasteiger charge is -2.47. The summed E-state index contributed by atoms with van der Waals surface area (Å²) in [6.07, 6.45) is 0.199. The highest BCUT2D eigenvalue weighted by molar-refractivity contribution is 5.97. The highest BCUT2D eigenvalue weighted by Crippen LogP contribution is 2.34. The zero-order valence-electron chi connectivity index (χ0n) is 12.3. The summed E-state index contributed by atoms with van der Waals surface area (Å²) in [4.78, 5) is 17.2. The summed E-state index contributed by atoms with van der Waals surface area (Å²) in [5, 5.41) is 3.39. The number of fused-ring (bicyclic) bond motifs is 1. The first-order chi connectivity index (χ1) is 9.74. The number of carbonyl (C=O) groups is 1. The molecular formula is C16H23N3O. The molecule has 2 heterocycles. The minimum atomic E-state index is 0.185. The largest absolute Gasteiger partial charge is 0.323 e. The topological polar surface area (TPSA) is 35.6 Å². The van der Waals surface area contributed by atoms with E-state index in [0.29, 0.717) is 5.92 Å². The van der Waals surface area contributed by atoms with Crippen LogP contribution in [0.1, 0.15) is 35.7 Å². The summed E-state index contributed by atoms with van der Waals surface area (Å²) in [6.45, 7) is 9.15. The van der Waals surface area contributed by atoms with E-state index in [1.165, 1.54) is 5.56 Å². The fourth-order valence-corrected chi connectivity index (χ4v) is 3.58. The van der Waals surface area contributed by atoms with Gasteiger partial charge in [0.15, 0.2) is 0 Å². The molecule has 0 radical (unpaired) electrons. The van der Waals surface area contributed by atoms with Gasteiger partial charge in [-0.2, -0.15) is 0 Å². The van der Waals surface area contributed by atoms with Crippen LogP contribution in [-0.4, -0.2) is 54.6 Å². The number of hydrogen-bond acceptors (Lipinski definition) is 3. The number of carbonyl (C=O) groups excluding carboxylic acids is 1. The molecule has 3 rings (SSSR count). The van der Waals surface area contributed by atoms with Gasteiger partial charge in [-0.3, -0.25) is 9.69 Å². The van der Waals surface area contributed by atoms with E-state index in [-0.39, 0.29) is 12.1 Å². The molecule has 2 atom stereocenters. The number of nitrogens with one attached hydrogen (secondary N) is 1. The van der Waals surface area contributed by atoms with Crippen molar-refractivity contribution in [2.45, 2.75) is 25.9 Å². The molecule has 108 valence electrons. The van der Waals surface area contributed by atoms with Gasteiger partial charge in [0.25, 0.3) is 5.91 Å². The molecule has 1 N–H and O–H groups in total. The number of likely N-dealkylation sites (N-methyl/N-ethyl adjacent to an activating group) is 1. The lowest BCUT2D eigenvalue weighted by atomic mass is 9.87. The zero-order valence-corrected chi connectivity index (χ0v) is 12.3. The quantitative estimate of drug-likeness (QED) is 0.887. The Labute approximate surface area is 120 Å². The molecule has 1 amide bonds. The van der Waals surface area contributed by atoms with E-state index in [1.54, 1.807) is 0 Å². The molecule has 20 heavy (non-hydrogen) atoms. The van der Waals surface area contributed by atoms with Crippen LogP contribution in [0.5, 0.6) is 0 Å². The highest BCUT2D eigenvalue weighted by atomic mass is 16.2. The second-order valence-electron chi connectivity index (χ2n) is 5.67. The molecule has 1 fully saturated rings. The van der Waals surface area contributed by atoms with Crippen molar-refractivity contribution in [3.8, 4) is 0 Å². The first-order valence-corrected chi connectivity index (χ1v) is 7.58. The van der Waals surface area contributed by atoms with Gasteiger partial charge in [0.1, 0.15) is 0 Å². The maximum absolute atomic E-state index is 12.7. The molecule has 1 aromatic carbocycles. The Kier molecular flexibility index (Phi) is 3.76. The molecule has 2 unspecified atom stereocenters. The Morgan fingerprint density at radius 3 is 2.65 bits per heavy atom. The van der Waals surface area contributed by atoms with E-state index >= 15 is 0 Å². The number of amides is 1. The van der Waals surface area contributed by atoms with Crippen LogP contribution in [0.2, 0.25) is 0 Å². The van der Waals surface area contributed by atoms with E-state index in [0.717, 1.165) is 38.3 Å². The van der Waals surface area contributed by atoms with Crippen LogP contribution in [0.4, 0.5) is 0 Å². The molecule has 0 spiro atoms. The number of piperazine rings is 1. The molecule has 2 aliphatic heterocycles. The molecule has 2 aliphatic rings. The van der Waals surface area contributed by atoms with Crippen molar-refractivity contribution in [1.82, 2.24) is 15.1 Å². The normalized spacial score (nSPS) is 27.5. The Morgan fingerprint density at radius 1 is 1.25 bits per heavy atom. The Hall–Kier alpha value is -1.39. The van der Waals surface area contributed by atoms with Crippen LogP contribution in [0.3, 0.4) is 0 Å². The van der Waals surface area contributed by atoms with Gasteiger partial charge in [0.05, 0.1) is 6.17 Å². The van der Waals surface area contributed by atoms with Crippen molar-refractivity contribution in [3.05, 3.63) is 35.4 Å². The Balaban J connectivity index is 1.98. The van der Waals surface area contributed by atoms with Gasteiger partial charge in [-0.25, -0.2) is 0 Å². The Bertz CT molecular complexity index is 496. The van der Waals surface area contributed by atoms with Crippen LogP contribution < -0.4 is 5.32 Å². The van der Waals surface area contributed by atoms with Gasteiger partial charge in [-0.15, -0.1) is 0 Å². The third-order valence-corrected chi connectivity index (χ3v) is 4.58. The van der Waals surface area contributed by atoms with Crippen molar-refractivity contribution < 1.29 is 4.79 Å².